The van der Waals surface area contributed by atoms with E-state index < -0.39 is 5.97 Å². The van der Waals surface area contributed by atoms with Crippen LogP contribution >= 0.6 is 0 Å². The van der Waals surface area contributed by atoms with Crippen LogP contribution in [0.3, 0.4) is 0 Å². The van der Waals surface area contributed by atoms with Crippen LogP contribution in [0.2, 0.25) is 0 Å². The quantitative estimate of drug-likeness (QED) is 0.839. The van der Waals surface area contributed by atoms with Gasteiger partial charge in [-0.1, -0.05) is 6.07 Å². The Hall–Kier alpha value is -2.50. The zero-order valence-electron chi connectivity index (χ0n) is 10.8. The average molecular weight is 258 g/mol. The first-order chi connectivity index (χ1) is 9.19. The third-order valence-electron chi connectivity index (χ3n) is 2.44. The van der Waals surface area contributed by atoms with E-state index in [1.165, 1.54) is 19.5 Å². The van der Waals surface area contributed by atoms with Gasteiger partial charge in [-0.05, 0) is 19.1 Å². The van der Waals surface area contributed by atoms with Crippen molar-refractivity contribution in [1.82, 2.24) is 15.0 Å². The van der Waals surface area contributed by atoms with E-state index in [1.54, 1.807) is 0 Å². The first kappa shape index (κ1) is 12.9. The molecule has 0 saturated heterocycles. The van der Waals surface area contributed by atoms with Crippen molar-refractivity contribution in [3.8, 4) is 0 Å². The number of anilines is 1. The molecule has 98 valence electrons. The number of ether oxygens (including phenoxy) is 1. The number of esters is 1. The number of hydrogen-bond donors (Lipinski definition) is 1. The van der Waals surface area contributed by atoms with E-state index in [0.29, 0.717) is 12.4 Å². The maximum atomic E-state index is 11.2. The Balaban J connectivity index is 1.98. The highest BCUT2D eigenvalue weighted by atomic mass is 16.5. The minimum atomic E-state index is -0.501. The highest BCUT2D eigenvalue weighted by Crippen LogP contribution is 2.05. The van der Waals surface area contributed by atoms with Gasteiger partial charge in [-0.15, -0.1) is 0 Å². The van der Waals surface area contributed by atoms with E-state index in [2.05, 4.69) is 25.0 Å². The molecule has 19 heavy (non-hydrogen) atoms. The number of carbonyl (C=O) groups excluding carboxylic acids is 1. The molecule has 0 spiro atoms. The topological polar surface area (TPSA) is 77.0 Å². The number of aromatic nitrogens is 3. The van der Waals surface area contributed by atoms with Crippen LogP contribution in [-0.2, 0) is 11.3 Å². The number of rotatable bonds is 4. The van der Waals surface area contributed by atoms with E-state index >= 15 is 0 Å². The Labute approximate surface area is 110 Å². The third kappa shape index (κ3) is 3.48. The van der Waals surface area contributed by atoms with Crippen molar-refractivity contribution in [2.24, 2.45) is 0 Å². The van der Waals surface area contributed by atoms with E-state index in [4.69, 9.17) is 0 Å². The van der Waals surface area contributed by atoms with Gasteiger partial charge in [-0.3, -0.25) is 4.98 Å². The highest BCUT2D eigenvalue weighted by molar-refractivity contribution is 5.86. The molecule has 0 saturated carbocycles. The third-order valence-corrected chi connectivity index (χ3v) is 2.44. The van der Waals surface area contributed by atoms with Gasteiger partial charge in [0.1, 0.15) is 5.82 Å². The van der Waals surface area contributed by atoms with Crippen molar-refractivity contribution in [2.75, 3.05) is 12.4 Å². The summed E-state index contributed by atoms with van der Waals surface area (Å²) in [4.78, 5) is 23.6. The summed E-state index contributed by atoms with van der Waals surface area (Å²) in [7, 11) is 1.31. The summed E-state index contributed by atoms with van der Waals surface area (Å²) in [5.74, 6) is 0.0790. The maximum absolute atomic E-state index is 11.2. The number of nitrogens with one attached hydrogen (secondary N) is 1. The fraction of sp³-hybridized carbons (Fsp3) is 0.231. The molecule has 0 fully saturated rings. The monoisotopic (exact) mass is 258 g/mol. The van der Waals surface area contributed by atoms with Crippen molar-refractivity contribution in [3.63, 3.8) is 0 Å². The van der Waals surface area contributed by atoms with Crippen molar-refractivity contribution in [3.05, 3.63) is 47.7 Å². The van der Waals surface area contributed by atoms with Crippen molar-refractivity contribution in [1.29, 1.82) is 0 Å². The summed E-state index contributed by atoms with van der Waals surface area (Å²) in [6.45, 7) is 2.49. The number of aryl methyl sites for hydroxylation is 1. The van der Waals surface area contributed by atoms with Gasteiger partial charge < -0.3 is 10.1 Å². The first-order valence-corrected chi connectivity index (χ1v) is 5.76. The minimum absolute atomic E-state index is 0.182. The molecule has 2 rings (SSSR count). The van der Waals surface area contributed by atoms with E-state index in [-0.39, 0.29) is 5.69 Å². The van der Waals surface area contributed by atoms with Crippen LogP contribution in [0.4, 0.5) is 5.82 Å². The molecule has 2 aromatic heterocycles. The van der Waals surface area contributed by atoms with Crippen molar-refractivity contribution >= 4 is 11.8 Å². The summed E-state index contributed by atoms with van der Waals surface area (Å²) in [6.07, 6.45) is 2.86. The highest BCUT2D eigenvalue weighted by Gasteiger charge is 2.07. The minimum Gasteiger partial charge on any atom is -0.464 e. The molecule has 1 N–H and O–H groups in total. The normalized spacial score (nSPS) is 10.0. The van der Waals surface area contributed by atoms with E-state index in [0.717, 1.165) is 11.4 Å². The Morgan fingerprint density at radius 2 is 2.16 bits per heavy atom. The van der Waals surface area contributed by atoms with Gasteiger partial charge in [0, 0.05) is 5.69 Å². The molecule has 0 atom stereocenters. The smallest absolute Gasteiger partial charge is 0.358 e. The lowest BCUT2D eigenvalue weighted by molar-refractivity contribution is 0.0593. The Kier molecular flexibility index (Phi) is 4.02. The molecule has 0 radical (unpaired) electrons. The van der Waals surface area contributed by atoms with Crippen LogP contribution in [0.5, 0.6) is 0 Å². The standard InChI is InChI=1S/C13H14N4O2/c1-9-4-3-5-10(17-9)6-15-12-8-14-11(7-16-12)13(18)19-2/h3-5,7-8H,6H2,1-2H3,(H,15,16). The number of hydrogen-bond acceptors (Lipinski definition) is 6. The number of nitrogens with zero attached hydrogens (tertiary/aromatic N) is 3. The lowest BCUT2D eigenvalue weighted by Crippen LogP contribution is -2.08. The van der Waals surface area contributed by atoms with Gasteiger partial charge in [0.25, 0.3) is 0 Å². The summed E-state index contributed by atoms with van der Waals surface area (Å²) < 4.78 is 4.55. The maximum Gasteiger partial charge on any atom is 0.358 e. The first-order valence-electron chi connectivity index (χ1n) is 5.76. The Morgan fingerprint density at radius 1 is 1.32 bits per heavy atom. The summed E-state index contributed by atoms with van der Waals surface area (Å²) in [5, 5.41) is 3.08. The van der Waals surface area contributed by atoms with Gasteiger partial charge in [0.15, 0.2) is 5.69 Å². The van der Waals surface area contributed by atoms with Gasteiger partial charge in [0.05, 0.1) is 31.7 Å². The molecule has 2 aromatic rings. The van der Waals surface area contributed by atoms with Crippen LogP contribution in [0.25, 0.3) is 0 Å². The van der Waals surface area contributed by atoms with E-state index in [9.17, 15) is 4.79 Å². The predicted molar refractivity (Wildman–Crippen MR) is 69.7 cm³/mol. The zero-order chi connectivity index (χ0) is 13.7. The molecule has 6 nitrogen and oxygen atoms in total. The molecule has 6 heteroatoms. The molecule has 0 amide bonds. The number of methoxy groups -OCH3 is 1. The van der Waals surface area contributed by atoms with Crippen LogP contribution in [0, 0.1) is 6.92 Å². The second kappa shape index (κ2) is 5.90. The number of carbonyl (C=O) groups is 1. The fourth-order valence-electron chi connectivity index (χ4n) is 1.51. The van der Waals surface area contributed by atoms with Crippen molar-refractivity contribution in [2.45, 2.75) is 13.5 Å². The second-order valence-electron chi connectivity index (χ2n) is 3.90. The zero-order valence-corrected chi connectivity index (χ0v) is 10.8. The molecule has 0 aliphatic heterocycles. The van der Waals surface area contributed by atoms with Gasteiger partial charge in [-0.2, -0.15) is 0 Å². The molecule has 0 bridgehead atoms. The molecular weight excluding hydrogens is 244 g/mol. The number of pyridine rings is 1. The van der Waals surface area contributed by atoms with Gasteiger partial charge in [-0.25, -0.2) is 14.8 Å². The molecule has 0 aliphatic rings. The lowest BCUT2D eigenvalue weighted by Gasteiger charge is -2.05. The fourth-order valence-corrected chi connectivity index (χ4v) is 1.51. The molecule has 0 aromatic carbocycles. The average Bonchev–Trinajstić information content (AvgIpc) is 2.45. The van der Waals surface area contributed by atoms with Crippen LogP contribution in [0.15, 0.2) is 30.6 Å². The Morgan fingerprint density at radius 3 is 2.79 bits per heavy atom. The van der Waals surface area contributed by atoms with Crippen LogP contribution < -0.4 is 5.32 Å². The molecule has 2 heterocycles. The van der Waals surface area contributed by atoms with Crippen LogP contribution in [0.1, 0.15) is 21.9 Å². The molecule has 0 aliphatic carbocycles. The lowest BCUT2D eigenvalue weighted by atomic mass is 10.3. The molecular formula is C13H14N4O2. The van der Waals surface area contributed by atoms with Gasteiger partial charge in [0.2, 0.25) is 0 Å². The SMILES string of the molecule is COC(=O)c1cnc(NCc2cccc(C)n2)cn1. The van der Waals surface area contributed by atoms with Gasteiger partial charge >= 0.3 is 5.97 Å². The summed E-state index contributed by atoms with van der Waals surface area (Å²) in [6, 6.07) is 5.82. The van der Waals surface area contributed by atoms with Crippen LogP contribution in [-0.4, -0.2) is 28.0 Å². The largest absolute Gasteiger partial charge is 0.464 e. The predicted octanol–water partition coefficient (Wildman–Crippen LogP) is 1.58. The Bertz CT molecular complexity index is 569. The summed E-state index contributed by atoms with van der Waals surface area (Å²) in [5.41, 5.74) is 2.06. The van der Waals surface area contributed by atoms with E-state index in [1.807, 2.05) is 25.1 Å². The molecule has 0 unspecified atom stereocenters. The second-order valence-corrected chi connectivity index (χ2v) is 3.90. The van der Waals surface area contributed by atoms with Crippen molar-refractivity contribution < 1.29 is 9.53 Å². The summed E-state index contributed by atoms with van der Waals surface area (Å²) >= 11 is 0.